The highest BCUT2D eigenvalue weighted by Gasteiger charge is 2.31. The summed E-state index contributed by atoms with van der Waals surface area (Å²) >= 11 is 0. The summed E-state index contributed by atoms with van der Waals surface area (Å²) in [5.41, 5.74) is 1.01. The van der Waals surface area contributed by atoms with Crippen LogP contribution in [0.15, 0.2) is 42.5 Å². The summed E-state index contributed by atoms with van der Waals surface area (Å²) in [6, 6.07) is 9.00. The number of hydrogen-bond acceptors (Lipinski definition) is 4. The molecule has 0 bridgehead atoms. The Hall–Kier alpha value is -3.01. The number of amides is 2. The summed E-state index contributed by atoms with van der Waals surface area (Å²) in [4.78, 5) is 27.5. The summed E-state index contributed by atoms with van der Waals surface area (Å²) in [7, 11) is -4.03. The Labute approximate surface area is 199 Å². The van der Waals surface area contributed by atoms with E-state index >= 15 is 0 Å². The molecule has 7 nitrogen and oxygen atoms in total. The monoisotopic (exact) mass is 495 g/mol. The fourth-order valence-corrected chi connectivity index (χ4v) is 4.04. The van der Waals surface area contributed by atoms with Crippen molar-refractivity contribution in [3.8, 4) is 0 Å². The fourth-order valence-electron chi connectivity index (χ4n) is 3.20. The van der Waals surface area contributed by atoms with Crippen molar-refractivity contribution in [3.63, 3.8) is 0 Å². The van der Waals surface area contributed by atoms with E-state index in [9.17, 15) is 26.8 Å². The van der Waals surface area contributed by atoms with Gasteiger partial charge in [-0.05, 0) is 52.3 Å². The number of hydrogen-bond donors (Lipinski definition) is 1. The van der Waals surface area contributed by atoms with Crippen molar-refractivity contribution in [2.75, 3.05) is 17.1 Å². The van der Waals surface area contributed by atoms with E-state index in [1.165, 1.54) is 4.90 Å². The van der Waals surface area contributed by atoms with E-state index in [0.717, 1.165) is 29.5 Å². The summed E-state index contributed by atoms with van der Waals surface area (Å²) < 4.78 is 52.7. The quantitative estimate of drug-likeness (QED) is 0.608. The number of benzene rings is 2. The van der Waals surface area contributed by atoms with Crippen LogP contribution in [0, 0.1) is 18.6 Å². The Bertz CT molecular complexity index is 1150. The standard InChI is InChI=1S/C24H31F2N3O4S/c1-16-7-9-18(10-8-16)14-28(17(2)23(31)27-24(3,4)5)22(30)15-29(34(6,32)33)19-11-12-20(25)21(26)13-19/h7-13,17H,14-15H2,1-6H3,(H,27,31)/t17-/m1/s1. The third-order valence-electron chi connectivity index (χ3n) is 5.01. The lowest BCUT2D eigenvalue weighted by atomic mass is 10.1. The Kier molecular flexibility index (Phi) is 8.41. The third kappa shape index (κ3) is 7.51. The van der Waals surface area contributed by atoms with Crippen molar-refractivity contribution in [2.24, 2.45) is 0 Å². The van der Waals surface area contributed by atoms with E-state index in [0.29, 0.717) is 10.4 Å². The van der Waals surface area contributed by atoms with Crippen molar-refractivity contribution in [2.45, 2.75) is 52.7 Å². The van der Waals surface area contributed by atoms with Gasteiger partial charge in [0.15, 0.2) is 11.6 Å². The highest BCUT2D eigenvalue weighted by molar-refractivity contribution is 7.92. The first kappa shape index (κ1) is 27.2. The molecule has 0 unspecified atom stereocenters. The van der Waals surface area contributed by atoms with Crippen LogP contribution in [0.3, 0.4) is 0 Å². The number of carbonyl (C=O) groups excluding carboxylic acids is 2. The molecule has 0 fully saturated rings. The molecule has 186 valence electrons. The second-order valence-electron chi connectivity index (χ2n) is 9.29. The molecule has 1 atom stereocenters. The van der Waals surface area contributed by atoms with Gasteiger partial charge in [0.1, 0.15) is 12.6 Å². The van der Waals surface area contributed by atoms with Gasteiger partial charge in [0.2, 0.25) is 21.8 Å². The maximum absolute atomic E-state index is 13.8. The van der Waals surface area contributed by atoms with Crippen LogP contribution in [0.5, 0.6) is 0 Å². The second kappa shape index (κ2) is 10.5. The SMILES string of the molecule is Cc1ccc(CN(C(=O)CN(c2ccc(F)c(F)c2)S(C)(=O)=O)[C@H](C)C(=O)NC(C)(C)C)cc1. The minimum atomic E-state index is -4.03. The summed E-state index contributed by atoms with van der Waals surface area (Å²) in [6.45, 7) is 8.23. The molecule has 34 heavy (non-hydrogen) atoms. The van der Waals surface area contributed by atoms with Gasteiger partial charge in [0.05, 0.1) is 11.9 Å². The van der Waals surface area contributed by atoms with Gasteiger partial charge in [0.25, 0.3) is 0 Å². The third-order valence-corrected chi connectivity index (χ3v) is 6.15. The number of halogens is 2. The molecule has 0 heterocycles. The van der Waals surface area contributed by atoms with Crippen LogP contribution in [0.1, 0.15) is 38.8 Å². The first-order chi connectivity index (χ1) is 15.6. The van der Waals surface area contributed by atoms with Crippen LogP contribution in [-0.4, -0.2) is 49.5 Å². The average molecular weight is 496 g/mol. The van der Waals surface area contributed by atoms with E-state index in [1.807, 2.05) is 31.2 Å². The molecule has 2 rings (SSSR count). The minimum absolute atomic E-state index is 0.0488. The van der Waals surface area contributed by atoms with Gasteiger partial charge in [-0.25, -0.2) is 17.2 Å². The molecule has 0 saturated heterocycles. The molecule has 0 radical (unpaired) electrons. The number of carbonyl (C=O) groups is 2. The van der Waals surface area contributed by atoms with Gasteiger partial charge in [-0.3, -0.25) is 13.9 Å². The maximum Gasteiger partial charge on any atom is 0.244 e. The molecular weight excluding hydrogens is 464 g/mol. The lowest BCUT2D eigenvalue weighted by Crippen LogP contribution is -2.54. The predicted octanol–water partition coefficient (Wildman–Crippen LogP) is 3.37. The zero-order chi connectivity index (χ0) is 25.8. The Morgan fingerprint density at radius 2 is 1.62 bits per heavy atom. The van der Waals surface area contributed by atoms with Gasteiger partial charge < -0.3 is 10.2 Å². The predicted molar refractivity (Wildman–Crippen MR) is 128 cm³/mol. The molecule has 0 aliphatic carbocycles. The molecule has 0 aromatic heterocycles. The number of sulfonamides is 1. The molecule has 0 aliphatic rings. The van der Waals surface area contributed by atoms with Crippen molar-refractivity contribution in [1.82, 2.24) is 10.2 Å². The maximum atomic E-state index is 13.8. The summed E-state index contributed by atoms with van der Waals surface area (Å²) in [5.74, 6) is -3.47. The summed E-state index contributed by atoms with van der Waals surface area (Å²) in [5, 5.41) is 2.82. The van der Waals surface area contributed by atoms with Gasteiger partial charge >= 0.3 is 0 Å². The van der Waals surface area contributed by atoms with Crippen LogP contribution < -0.4 is 9.62 Å². The first-order valence-electron chi connectivity index (χ1n) is 10.7. The lowest BCUT2D eigenvalue weighted by Gasteiger charge is -2.33. The van der Waals surface area contributed by atoms with Crippen LogP contribution in [-0.2, 0) is 26.2 Å². The highest BCUT2D eigenvalue weighted by atomic mass is 32.2. The molecule has 0 spiro atoms. The van der Waals surface area contributed by atoms with Crippen molar-refractivity contribution >= 4 is 27.5 Å². The molecule has 2 aromatic rings. The Morgan fingerprint density at radius 1 is 1.03 bits per heavy atom. The number of aryl methyl sites for hydroxylation is 1. The van der Waals surface area contributed by atoms with Gasteiger partial charge in [-0.1, -0.05) is 29.8 Å². The van der Waals surface area contributed by atoms with Gasteiger partial charge in [-0.2, -0.15) is 0 Å². The molecule has 2 amide bonds. The number of nitrogens with zero attached hydrogens (tertiary/aromatic N) is 2. The number of nitrogens with one attached hydrogen (secondary N) is 1. The lowest BCUT2D eigenvalue weighted by molar-refractivity contribution is -0.140. The highest BCUT2D eigenvalue weighted by Crippen LogP contribution is 2.22. The largest absolute Gasteiger partial charge is 0.350 e. The zero-order valence-corrected chi connectivity index (χ0v) is 21.0. The Balaban J connectivity index is 2.41. The van der Waals surface area contributed by atoms with Crippen LogP contribution in [0.2, 0.25) is 0 Å². The van der Waals surface area contributed by atoms with Gasteiger partial charge in [0, 0.05) is 18.2 Å². The van der Waals surface area contributed by atoms with Gasteiger partial charge in [-0.15, -0.1) is 0 Å². The summed E-state index contributed by atoms with van der Waals surface area (Å²) in [6.07, 6.45) is 0.863. The molecular formula is C24H31F2N3O4S. The fraction of sp³-hybridized carbons (Fsp3) is 0.417. The molecule has 10 heteroatoms. The Morgan fingerprint density at radius 3 is 2.12 bits per heavy atom. The normalized spacial score (nSPS) is 12.7. The van der Waals surface area contributed by atoms with Crippen LogP contribution in [0.4, 0.5) is 14.5 Å². The van der Waals surface area contributed by atoms with Crippen LogP contribution >= 0.6 is 0 Å². The number of rotatable bonds is 8. The molecule has 2 aromatic carbocycles. The topological polar surface area (TPSA) is 86.8 Å². The van der Waals surface area contributed by atoms with E-state index in [-0.39, 0.29) is 12.2 Å². The van der Waals surface area contributed by atoms with Crippen molar-refractivity contribution in [3.05, 3.63) is 65.2 Å². The van der Waals surface area contributed by atoms with E-state index in [2.05, 4.69) is 5.32 Å². The number of anilines is 1. The van der Waals surface area contributed by atoms with E-state index in [1.54, 1.807) is 27.7 Å². The average Bonchev–Trinajstić information content (AvgIpc) is 2.71. The van der Waals surface area contributed by atoms with Crippen molar-refractivity contribution < 1.29 is 26.8 Å². The van der Waals surface area contributed by atoms with Crippen LogP contribution in [0.25, 0.3) is 0 Å². The zero-order valence-electron chi connectivity index (χ0n) is 20.2. The smallest absolute Gasteiger partial charge is 0.244 e. The molecule has 0 aliphatic heterocycles. The minimum Gasteiger partial charge on any atom is -0.350 e. The van der Waals surface area contributed by atoms with E-state index in [4.69, 9.17) is 0 Å². The first-order valence-corrected chi connectivity index (χ1v) is 12.5. The van der Waals surface area contributed by atoms with Crippen molar-refractivity contribution in [1.29, 1.82) is 0 Å². The second-order valence-corrected chi connectivity index (χ2v) is 11.2. The van der Waals surface area contributed by atoms with E-state index < -0.39 is 51.6 Å². The molecule has 1 N–H and O–H groups in total. The molecule has 0 saturated carbocycles.